The van der Waals surface area contributed by atoms with E-state index in [1.54, 1.807) is 18.4 Å². The highest BCUT2D eigenvalue weighted by Crippen LogP contribution is 2.45. The van der Waals surface area contributed by atoms with Crippen LogP contribution in [0, 0.1) is 0 Å². The van der Waals surface area contributed by atoms with Crippen LogP contribution in [-0.2, 0) is 0 Å². The Hall–Kier alpha value is -0.0900. The van der Waals surface area contributed by atoms with Gasteiger partial charge in [0.2, 0.25) is 5.88 Å². The minimum absolute atomic E-state index is 0.722. The van der Waals surface area contributed by atoms with Crippen molar-refractivity contribution in [1.29, 1.82) is 0 Å². The minimum Gasteiger partial charge on any atom is -0.480 e. The SMILES string of the molecule is COc1nc(C2CC2)sc1Br. The van der Waals surface area contributed by atoms with E-state index < -0.39 is 0 Å². The molecule has 1 aromatic rings. The number of hydrogen-bond donors (Lipinski definition) is 0. The first-order valence-electron chi connectivity index (χ1n) is 3.51. The van der Waals surface area contributed by atoms with Gasteiger partial charge in [-0.2, -0.15) is 0 Å². The summed E-state index contributed by atoms with van der Waals surface area (Å²) in [4.78, 5) is 4.34. The average molecular weight is 234 g/mol. The number of aromatic nitrogens is 1. The van der Waals surface area contributed by atoms with Gasteiger partial charge >= 0.3 is 0 Å². The Morgan fingerprint density at radius 3 is 2.82 bits per heavy atom. The van der Waals surface area contributed by atoms with E-state index in [2.05, 4.69) is 20.9 Å². The number of methoxy groups -OCH3 is 1. The first-order valence-corrected chi connectivity index (χ1v) is 5.12. The van der Waals surface area contributed by atoms with Crippen LogP contribution in [0.4, 0.5) is 0 Å². The van der Waals surface area contributed by atoms with Gasteiger partial charge in [0.1, 0.15) is 8.79 Å². The lowest BCUT2D eigenvalue weighted by Gasteiger charge is -1.90. The molecule has 0 aromatic carbocycles. The van der Waals surface area contributed by atoms with Gasteiger partial charge in [-0.15, -0.1) is 11.3 Å². The molecule has 2 rings (SSSR count). The monoisotopic (exact) mass is 233 g/mol. The van der Waals surface area contributed by atoms with Gasteiger partial charge in [-0.3, -0.25) is 0 Å². The molecule has 1 aromatic heterocycles. The van der Waals surface area contributed by atoms with Crippen molar-refractivity contribution in [3.05, 3.63) is 8.79 Å². The summed E-state index contributed by atoms with van der Waals surface area (Å²) in [7, 11) is 1.65. The highest BCUT2D eigenvalue weighted by atomic mass is 79.9. The Morgan fingerprint density at radius 2 is 2.36 bits per heavy atom. The summed E-state index contributed by atoms with van der Waals surface area (Å²) in [6.45, 7) is 0. The standard InChI is InChI=1S/C7H8BrNOS/c1-10-6-5(8)11-7(9-6)4-2-3-4/h4H,2-3H2,1H3. The van der Waals surface area contributed by atoms with Crippen LogP contribution in [-0.4, -0.2) is 12.1 Å². The first kappa shape index (κ1) is 7.55. The molecule has 0 atom stereocenters. The molecule has 0 bridgehead atoms. The van der Waals surface area contributed by atoms with E-state index in [0.717, 1.165) is 15.6 Å². The number of rotatable bonds is 2. The minimum atomic E-state index is 0.722. The van der Waals surface area contributed by atoms with Gasteiger partial charge in [0.05, 0.1) is 7.11 Å². The van der Waals surface area contributed by atoms with Crippen molar-refractivity contribution >= 4 is 27.3 Å². The normalized spacial score (nSPS) is 16.9. The van der Waals surface area contributed by atoms with Crippen molar-refractivity contribution in [3.63, 3.8) is 0 Å². The van der Waals surface area contributed by atoms with Gasteiger partial charge in [0.15, 0.2) is 0 Å². The van der Waals surface area contributed by atoms with Gasteiger partial charge in [0, 0.05) is 5.92 Å². The highest BCUT2D eigenvalue weighted by molar-refractivity contribution is 9.11. The summed E-state index contributed by atoms with van der Waals surface area (Å²) in [5.74, 6) is 1.46. The molecule has 0 aliphatic heterocycles. The molecule has 0 spiro atoms. The van der Waals surface area contributed by atoms with Crippen LogP contribution >= 0.6 is 27.3 Å². The number of ether oxygens (including phenoxy) is 1. The Balaban J connectivity index is 2.28. The first-order chi connectivity index (χ1) is 5.31. The van der Waals surface area contributed by atoms with E-state index in [1.807, 2.05) is 0 Å². The number of nitrogens with zero attached hydrogens (tertiary/aromatic N) is 1. The fourth-order valence-corrected chi connectivity index (χ4v) is 2.61. The van der Waals surface area contributed by atoms with Crippen LogP contribution < -0.4 is 4.74 Å². The summed E-state index contributed by atoms with van der Waals surface area (Å²) in [6, 6.07) is 0. The molecule has 0 amide bonds. The maximum Gasteiger partial charge on any atom is 0.239 e. The summed E-state index contributed by atoms with van der Waals surface area (Å²) >= 11 is 5.09. The second-order valence-corrected chi connectivity index (χ2v) is 4.96. The molecule has 0 unspecified atom stereocenters. The van der Waals surface area contributed by atoms with Gasteiger partial charge < -0.3 is 4.74 Å². The van der Waals surface area contributed by atoms with Crippen LogP contribution in [0.3, 0.4) is 0 Å². The smallest absolute Gasteiger partial charge is 0.239 e. The fourth-order valence-electron chi connectivity index (χ4n) is 0.933. The van der Waals surface area contributed by atoms with Crippen molar-refractivity contribution in [2.45, 2.75) is 18.8 Å². The Bertz CT molecular complexity index is 269. The molecule has 11 heavy (non-hydrogen) atoms. The number of halogens is 1. The van der Waals surface area contributed by atoms with E-state index in [0.29, 0.717) is 0 Å². The molecule has 1 aliphatic carbocycles. The van der Waals surface area contributed by atoms with Gasteiger partial charge in [-0.25, -0.2) is 4.98 Å². The van der Waals surface area contributed by atoms with Gasteiger partial charge in [0.25, 0.3) is 0 Å². The summed E-state index contributed by atoms with van der Waals surface area (Å²) in [5, 5.41) is 1.22. The van der Waals surface area contributed by atoms with Crippen LogP contribution in [0.2, 0.25) is 0 Å². The summed E-state index contributed by atoms with van der Waals surface area (Å²) < 4.78 is 6.07. The molecule has 4 heteroatoms. The zero-order chi connectivity index (χ0) is 7.84. The van der Waals surface area contributed by atoms with E-state index >= 15 is 0 Å². The molecule has 60 valence electrons. The average Bonchev–Trinajstić information content (AvgIpc) is 2.76. The maximum atomic E-state index is 5.06. The third-order valence-electron chi connectivity index (χ3n) is 1.69. The van der Waals surface area contributed by atoms with Crippen molar-refractivity contribution < 1.29 is 4.74 Å². The Morgan fingerprint density at radius 1 is 1.64 bits per heavy atom. The molecule has 0 N–H and O–H groups in total. The molecule has 1 heterocycles. The van der Waals surface area contributed by atoms with Crippen LogP contribution in [0.5, 0.6) is 5.88 Å². The Labute approximate surface area is 77.7 Å². The number of hydrogen-bond acceptors (Lipinski definition) is 3. The molecule has 1 fully saturated rings. The van der Waals surface area contributed by atoms with E-state index in [4.69, 9.17) is 4.74 Å². The molecular formula is C7H8BrNOS. The van der Waals surface area contributed by atoms with E-state index in [-0.39, 0.29) is 0 Å². The van der Waals surface area contributed by atoms with Crippen molar-refractivity contribution in [3.8, 4) is 5.88 Å². The molecule has 0 radical (unpaired) electrons. The zero-order valence-electron chi connectivity index (χ0n) is 6.13. The van der Waals surface area contributed by atoms with Gasteiger partial charge in [-0.05, 0) is 28.8 Å². The molecule has 0 saturated heterocycles. The lowest BCUT2D eigenvalue weighted by molar-refractivity contribution is 0.397. The molecule has 2 nitrogen and oxygen atoms in total. The largest absolute Gasteiger partial charge is 0.480 e. The van der Waals surface area contributed by atoms with E-state index in [9.17, 15) is 0 Å². The lowest BCUT2D eigenvalue weighted by atomic mass is 10.5. The predicted molar refractivity (Wildman–Crippen MR) is 48.3 cm³/mol. The van der Waals surface area contributed by atoms with Crippen molar-refractivity contribution in [2.75, 3.05) is 7.11 Å². The van der Waals surface area contributed by atoms with Gasteiger partial charge in [-0.1, -0.05) is 0 Å². The summed E-state index contributed by atoms with van der Waals surface area (Å²) in [6.07, 6.45) is 2.59. The van der Waals surface area contributed by atoms with Crippen LogP contribution in [0.25, 0.3) is 0 Å². The quantitative estimate of drug-likeness (QED) is 0.784. The Kier molecular flexibility index (Phi) is 1.89. The van der Waals surface area contributed by atoms with E-state index in [1.165, 1.54) is 17.8 Å². The van der Waals surface area contributed by atoms with Crippen LogP contribution in [0.1, 0.15) is 23.8 Å². The highest BCUT2D eigenvalue weighted by Gasteiger charge is 2.28. The predicted octanol–water partition coefficient (Wildman–Crippen LogP) is 2.79. The number of thiazole rings is 1. The lowest BCUT2D eigenvalue weighted by Crippen LogP contribution is -1.83. The fraction of sp³-hybridized carbons (Fsp3) is 0.571. The second-order valence-electron chi connectivity index (χ2n) is 2.61. The summed E-state index contributed by atoms with van der Waals surface area (Å²) in [5.41, 5.74) is 0. The second kappa shape index (κ2) is 2.75. The van der Waals surface area contributed by atoms with Crippen LogP contribution in [0.15, 0.2) is 3.79 Å². The third kappa shape index (κ3) is 1.42. The topological polar surface area (TPSA) is 22.1 Å². The maximum absolute atomic E-state index is 5.06. The third-order valence-corrected chi connectivity index (χ3v) is 3.51. The van der Waals surface area contributed by atoms with Crippen molar-refractivity contribution in [1.82, 2.24) is 4.98 Å². The molecule has 1 aliphatic rings. The zero-order valence-corrected chi connectivity index (χ0v) is 8.54. The molecule has 1 saturated carbocycles. The van der Waals surface area contributed by atoms with Crippen molar-refractivity contribution in [2.24, 2.45) is 0 Å². The molecular weight excluding hydrogens is 226 g/mol.